The van der Waals surface area contributed by atoms with Crippen LogP contribution in [-0.2, 0) is 0 Å². The summed E-state index contributed by atoms with van der Waals surface area (Å²) in [5, 5.41) is 3.83. The standard InChI is InChI=1S/C13H15N3O/c1-8-10-5-3-4-6-11(10)9(2)12(8)7-15-16-13(14)17/h3-8H,1-2H3,(H3,14,16,17)/b15-7-/t8-/m1/s1. The molecule has 1 atom stereocenters. The second-order valence-electron chi connectivity index (χ2n) is 4.12. The number of urea groups is 1. The molecule has 0 fully saturated rings. The van der Waals surface area contributed by atoms with E-state index in [9.17, 15) is 4.79 Å². The Morgan fingerprint density at radius 3 is 2.82 bits per heavy atom. The molecule has 1 aliphatic rings. The number of fused-ring (bicyclic) bond motifs is 1. The minimum absolute atomic E-state index is 0.296. The quantitative estimate of drug-likeness (QED) is 0.592. The maximum Gasteiger partial charge on any atom is 0.332 e. The van der Waals surface area contributed by atoms with Crippen molar-refractivity contribution in [2.24, 2.45) is 10.8 Å². The summed E-state index contributed by atoms with van der Waals surface area (Å²) in [5.41, 5.74) is 12.0. The van der Waals surface area contributed by atoms with Crippen LogP contribution in [0.2, 0.25) is 0 Å². The average Bonchev–Trinajstić information content (AvgIpc) is 2.54. The highest BCUT2D eigenvalue weighted by Gasteiger charge is 2.23. The third-order valence-corrected chi connectivity index (χ3v) is 3.11. The van der Waals surface area contributed by atoms with Crippen LogP contribution in [-0.4, -0.2) is 12.2 Å². The number of nitrogens with zero attached hydrogens (tertiary/aromatic N) is 1. The predicted molar refractivity (Wildman–Crippen MR) is 68.7 cm³/mol. The molecular formula is C13H15N3O. The Bertz CT molecular complexity index is 517. The number of nitrogens with one attached hydrogen (secondary N) is 1. The molecule has 0 saturated carbocycles. The Morgan fingerprint density at radius 2 is 2.18 bits per heavy atom. The van der Waals surface area contributed by atoms with Gasteiger partial charge in [0.2, 0.25) is 0 Å². The van der Waals surface area contributed by atoms with E-state index in [-0.39, 0.29) is 0 Å². The molecule has 4 heteroatoms. The van der Waals surface area contributed by atoms with Gasteiger partial charge in [-0.15, -0.1) is 0 Å². The van der Waals surface area contributed by atoms with Gasteiger partial charge in [0.15, 0.2) is 0 Å². The summed E-state index contributed by atoms with van der Waals surface area (Å²) in [5.74, 6) is 0.296. The Labute approximate surface area is 100 Å². The summed E-state index contributed by atoms with van der Waals surface area (Å²) in [4.78, 5) is 10.5. The van der Waals surface area contributed by atoms with Crippen LogP contribution in [0.15, 0.2) is 34.9 Å². The maximum atomic E-state index is 10.5. The van der Waals surface area contributed by atoms with E-state index in [2.05, 4.69) is 36.5 Å². The van der Waals surface area contributed by atoms with Crippen molar-refractivity contribution in [3.05, 3.63) is 41.0 Å². The van der Waals surface area contributed by atoms with Gasteiger partial charge < -0.3 is 5.73 Å². The topological polar surface area (TPSA) is 67.5 Å². The van der Waals surface area contributed by atoms with E-state index in [1.165, 1.54) is 16.7 Å². The summed E-state index contributed by atoms with van der Waals surface area (Å²) in [6, 6.07) is 7.62. The molecule has 1 aromatic carbocycles. The van der Waals surface area contributed by atoms with Crippen LogP contribution < -0.4 is 11.2 Å². The van der Waals surface area contributed by atoms with Crippen LogP contribution in [0.3, 0.4) is 0 Å². The number of carbonyl (C=O) groups excluding carboxylic acids is 1. The molecule has 1 aromatic rings. The number of nitrogens with two attached hydrogens (primary N) is 1. The number of allylic oxidation sites excluding steroid dienone is 2. The second kappa shape index (κ2) is 4.41. The molecule has 0 radical (unpaired) electrons. The predicted octanol–water partition coefficient (Wildman–Crippen LogP) is 2.23. The first kappa shape index (κ1) is 11.4. The molecule has 2 rings (SSSR count). The summed E-state index contributed by atoms with van der Waals surface area (Å²) in [7, 11) is 0. The second-order valence-corrected chi connectivity index (χ2v) is 4.12. The highest BCUT2D eigenvalue weighted by molar-refractivity contribution is 5.96. The Kier molecular flexibility index (Phi) is 2.95. The number of benzene rings is 1. The number of rotatable bonds is 2. The van der Waals surface area contributed by atoms with E-state index in [4.69, 9.17) is 5.73 Å². The Balaban J connectivity index is 2.29. The fourth-order valence-corrected chi connectivity index (χ4v) is 2.24. The van der Waals surface area contributed by atoms with Crippen LogP contribution in [0.25, 0.3) is 5.57 Å². The van der Waals surface area contributed by atoms with Gasteiger partial charge in [0, 0.05) is 5.92 Å². The van der Waals surface area contributed by atoms with Gasteiger partial charge in [-0.1, -0.05) is 31.2 Å². The minimum atomic E-state index is -0.650. The molecule has 0 saturated heterocycles. The van der Waals surface area contributed by atoms with Gasteiger partial charge in [0.05, 0.1) is 6.21 Å². The van der Waals surface area contributed by atoms with Gasteiger partial charge >= 0.3 is 6.03 Å². The third-order valence-electron chi connectivity index (χ3n) is 3.11. The largest absolute Gasteiger partial charge is 0.350 e. The maximum absolute atomic E-state index is 10.5. The van der Waals surface area contributed by atoms with Gasteiger partial charge in [-0.05, 0) is 29.2 Å². The summed E-state index contributed by atoms with van der Waals surface area (Å²) >= 11 is 0. The van der Waals surface area contributed by atoms with Crippen molar-refractivity contribution in [2.45, 2.75) is 19.8 Å². The van der Waals surface area contributed by atoms with Crippen molar-refractivity contribution < 1.29 is 4.79 Å². The zero-order chi connectivity index (χ0) is 12.4. The Morgan fingerprint density at radius 1 is 1.47 bits per heavy atom. The van der Waals surface area contributed by atoms with Crippen molar-refractivity contribution in [1.29, 1.82) is 0 Å². The number of amides is 2. The van der Waals surface area contributed by atoms with Crippen LogP contribution in [0.1, 0.15) is 30.9 Å². The van der Waals surface area contributed by atoms with E-state index < -0.39 is 6.03 Å². The number of hydrogen-bond acceptors (Lipinski definition) is 2. The zero-order valence-electron chi connectivity index (χ0n) is 9.90. The highest BCUT2D eigenvalue weighted by atomic mass is 16.2. The molecule has 17 heavy (non-hydrogen) atoms. The van der Waals surface area contributed by atoms with Crippen molar-refractivity contribution in [1.82, 2.24) is 5.43 Å². The fraction of sp³-hybridized carbons (Fsp3) is 0.231. The fourth-order valence-electron chi connectivity index (χ4n) is 2.24. The lowest BCUT2D eigenvalue weighted by Crippen LogP contribution is -2.24. The minimum Gasteiger partial charge on any atom is -0.350 e. The zero-order valence-corrected chi connectivity index (χ0v) is 9.90. The van der Waals surface area contributed by atoms with Gasteiger partial charge in [0.1, 0.15) is 0 Å². The van der Waals surface area contributed by atoms with Crippen LogP contribution in [0, 0.1) is 0 Å². The normalized spacial score (nSPS) is 18.6. The molecule has 3 N–H and O–H groups in total. The lowest BCUT2D eigenvalue weighted by atomic mass is 9.99. The smallest absolute Gasteiger partial charge is 0.332 e. The van der Waals surface area contributed by atoms with Crippen LogP contribution in [0.4, 0.5) is 4.79 Å². The molecule has 4 nitrogen and oxygen atoms in total. The average molecular weight is 229 g/mol. The van der Waals surface area contributed by atoms with E-state index in [1.807, 2.05) is 12.1 Å². The summed E-state index contributed by atoms with van der Waals surface area (Å²) in [6.45, 7) is 4.19. The van der Waals surface area contributed by atoms with Gasteiger partial charge in [-0.2, -0.15) is 5.10 Å². The molecule has 0 heterocycles. The first-order valence-corrected chi connectivity index (χ1v) is 5.50. The molecule has 0 unspecified atom stereocenters. The van der Waals surface area contributed by atoms with E-state index in [0.29, 0.717) is 5.92 Å². The van der Waals surface area contributed by atoms with E-state index in [0.717, 1.165) is 5.57 Å². The van der Waals surface area contributed by atoms with Crippen molar-refractivity contribution in [3.8, 4) is 0 Å². The summed E-state index contributed by atoms with van der Waals surface area (Å²) in [6.07, 6.45) is 1.67. The monoisotopic (exact) mass is 229 g/mol. The van der Waals surface area contributed by atoms with E-state index in [1.54, 1.807) is 6.21 Å². The molecule has 0 aliphatic heterocycles. The number of hydrogen-bond donors (Lipinski definition) is 2. The molecule has 0 aromatic heterocycles. The first-order valence-electron chi connectivity index (χ1n) is 5.50. The first-order chi connectivity index (χ1) is 8.11. The molecule has 1 aliphatic carbocycles. The van der Waals surface area contributed by atoms with Crippen molar-refractivity contribution >= 4 is 17.8 Å². The lowest BCUT2D eigenvalue weighted by molar-refractivity contribution is 0.249. The highest BCUT2D eigenvalue weighted by Crippen LogP contribution is 2.40. The van der Waals surface area contributed by atoms with Gasteiger partial charge in [0.25, 0.3) is 0 Å². The molecule has 88 valence electrons. The number of carbonyl (C=O) groups is 1. The lowest BCUT2D eigenvalue weighted by Gasteiger charge is -2.06. The van der Waals surface area contributed by atoms with Gasteiger partial charge in [-0.25, -0.2) is 10.2 Å². The van der Waals surface area contributed by atoms with Crippen LogP contribution >= 0.6 is 0 Å². The molecular weight excluding hydrogens is 214 g/mol. The molecule has 0 bridgehead atoms. The van der Waals surface area contributed by atoms with E-state index >= 15 is 0 Å². The number of hydrazone groups is 1. The van der Waals surface area contributed by atoms with Crippen LogP contribution in [0.5, 0.6) is 0 Å². The molecule has 0 spiro atoms. The van der Waals surface area contributed by atoms with Gasteiger partial charge in [-0.3, -0.25) is 0 Å². The molecule has 2 amide bonds. The third kappa shape index (κ3) is 2.06. The van der Waals surface area contributed by atoms with Crippen molar-refractivity contribution in [3.63, 3.8) is 0 Å². The SMILES string of the molecule is CC1=C(/C=N\NC(N)=O)[C@H](C)c2ccccc21. The number of primary amides is 1. The Hall–Kier alpha value is -2.10. The van der Waals surface area contributed by atoms with Crippen molar-refractivity contribution in [2.75, 3.05) is 0 Å². The summed E-state index contributed by atoms with van der Waals surface area (Å²) < 4.78 is 0.